The number of carbonyl (C=O) groups excluding carboxylic acids is 3. The fraction of sp³-hybridized carbons (Fsp3) is 0.160. The van der Waals surface area contributed by atoms with Crippen LogP contribution in [0.3, 0.4) is 0 Å². The smallest absolute Gasteiger partial charge is 0.153 e. The van der Waals surface area contributed by atoms with E-state index in [-0.39, 0.29) is 6.10 Å². The number of alkyl halides is 1. The number of anilines is 3. The van der Waals surface area contributed by atoms with Gasteiger partial charge in [-0.15, -0.1) is 0 Å². The molecular formula is C25H20BrNO4. The predicted octanol–water partition coefficient (Wildman–Crippen LogP) is 5.90. The number of ether oxygens (including phenoxy) is 1. The van der Waals surface area contributed by atoms with Gasteiger partial charge >= 0.3 is 0 Å². The van der Waals surface area contributed by atoms with Crippen molar-refractivity contribution in [3.8, 4) is 5.75 Å². The van der Waals surface area contributed by atoms with Crippen molar-refractivity contribution in [3.05, 3.63) is 83.4 Å². The molecule has 3 aromatic rings. The van der Waals surface area contributed by atoms with Crippen LogP contribution in [0.2, 0.25) is 0 Å². The summed E-state index contributed by atoms with van der Waals surface area (Å²) >= 11 is 3.56. The second kappa shape index (κ2) is 9.27. The zero-order chi connectivity index (χ0) is 21.8. The van der Waals surface area contributed by atoms with Crippen molar-refractivity contribution in [1.29, 1.82) is 0 Å². The van der Waals surface area contributed by atoms with Gasteiger partial charge < -0.3 is 9.64 Å². The number of hydrogen-bond donors (Lipinski definition) is 0. The lowest BCUT2D eigenvalue weighted by Gasteiger charge is -2.32. The van der Waals surface area contributed by atoms with E-state index in [0.29, 0.717) is 27.3 Å². The molecule has 5 nitrogen and oxygen atoms in total. The number of halogens is 1. The fourth-order valence-electron chi connectivity index (χ4n) is 3.49. The van der Waals surface area contributed by atoms with Gasteiger partial charge in [0.25, 0.3) is 0 Å². The number of aldehydes is 3. The van der Waals surface area contributed by atoms with Gasteiger partial charge in [-0.3, -0.25) is 14.4 Å². The first-order valence-corrected chi connectivity index (χ1v) is 10.8. The highest BCUT2D eigenvalue weighted by Gasteiger charge is 2.29. The maximum absolute atomic E-state index is 11.6. The van der Waals surface area contributed by atoms with Crippen molar-refractivity contribution in [2.45, 2.75) is 23.8 Å². The number of rotatable bonds is 8. The molecule has 0 N–H and O–H groups in total. The number of hydrogen-bond acceptors (Lipinski definition) is 5. The maximum atomic E-state index is 11.6. The minimum Gasteiger partial charge on any atom is -0.490 e. The Morgan fingerprint density at radius 1 is 0.742 bits per heavy atom. The Kier molecular flexibility index (Phi) is 6.28. The first-order valence-electron chi connectivity index (χ1n) is 9.92. The highest BCUT2D eigenvalue weighted by molar-refractivity contribution is 9.09. The molecular weight excluding hydrogens is 458 g/mol. The largest absolute Gasteiger partial charge is 0.490 e. The molecule has 0 amide bonds. The van der Waals surface area contributed by atoms with Crippen molar-refractivity contribution in [3.63, 3.8) is 0 Å². The van der Waals surface area contributed by atoms with Gasteiger partial charge in [-0.1, -0.05) is 15.9 Å². The van der Waals surface area contributed by atoms with Gasteiger partial charge in [0, 0.05) is 39.1 Å². The molecule has 1 aliphatic rings. The Morgan fingerprint density at radius 2 is 1.26 bits per heavy atom. The van der Waals surface area contributed by atoms with Crippen LogP contribution >= 0.6 is 15.9 Å². The molecule has 0 atom stereocenters. The number of benzene rings is 3. The summed E-state index contributed by atoms with van der Waals surface area (Å²) in [6, 6.07) is 19.9. The predicted molar refractivity (Wildman–Crippen MR) is 124 cm³/mol. The lowest BCUT2D eigenvalue weighted by Crippen LogP contribution is -2.34. The van der Waals surface area contributed by atoms with Crippen molar-refractivity contribution >= 4 is 51.9 Å². The van der Waals surface area contributed by atoms with Crippen LogP contribution in [-0.2, 0) is 0 Å². The van der Waals surface area contributed by atoms with E-state index < -0.39 is 0 Å². The lowest BCUT2D eigenvalue weighted by atomic mass is 9.96. The average molecular weight is 478 g/mol. The van der Waals surface area contributed by atoms with Crippen LogP contribution in [0.25, 0.3) is 0 Å². The van der Waals surface area contributed by atoms with Crippen LogP contribution in [0.5, 0.6) is 5.75 Å². The number of nitrogens with zero attached hydrogens (tertiary/aromatic N) is 1. The van der Waals surface area contributed by atoms with Crippen LogP contribution in [0.15, 0.2) is 66.7 Å². The Hall–Kier alpha value is -3.25. The Labute approximate surface area is 188 Å². The summed E-state index contributed by atoms with van der Waals surface area (Å²) in [6.07, 6.45) is 4.26. The van der Waals surface area contributed by atoms with E-state index in [9.17, 15) is 14.4 Å². The summed E-state index contributed by atoms with van der Waals surface area (Å²) in [5.74, 6) is 0.538. The molecule has 0 heterocycles. The third-order valence-corrected chi connectivity index (χ3v) is 6.04. The third kappa shape index (κ3) is 4.59. The molecule has 0 saturated heterocycles. The highest BCUT2D eigenvalue weighted by Crippen LogP contribution is 2.39. The molecule has 0 aliphatic heterocycles. The van der Waals surface area contributed by atoms with Crippen LogP contribution in [-0.4, -0.2) is 29.8 Å². The quantitative estimate of drug-likeness (QED) is 0.298. The second-order valence-electron chi connectivity index (χ2n) is 7.40. The summed E-state index contributed by atoms with van der Waals surface area (Å²) in [4.78, 5) is 36.2. The minimum atomic E-state index is 0.0746. The van der Waals surface area contributed by atoms with Crippen LogP contribution < -0.4 is 9.64 Å². The molecule has 1 aliphatic carbocycles. The van der Waals surface area contributed by atoms with E-state index in [2.05, 4.69) is 15.9 Å². The Bertz CT molecular complexity index is 1040. The molecule has 0 bridgehead atoms. The standard InChI is InChI=1S/C25H20BrNO4/c26-20-11-24(12-20)31-25-13-23(10-5-19(25)16-30)27(21-6-1-17(14-28)2-7-21)22-8-3-18(15-29)4-9-22/h1-10,13-16,20,24H,11-12H2. The third-order valence-electron chi connectivity index (χ3n) is 5.29. The fourth-order valence-corrected chi connectivity index (χ4v) is 4.32. The Balaban J connectivity index is 1.77. The van der Waals surface area contributed by atoms with Gasteiger partial charge in [0.2, 0.25) is 0 Å². The van der Waals surface area contributed by atoms with Crippen LogP contribution in [0.1, 0.15) is 43.9 Å². The van der Waals surface area contributed by atoms with Gasteiger partial charge in [0.05, 0.1) is 5.56 Å². The molecule has 1 fully saturated rings. The van der Waals surface area contributed by atoms with Crippen molar-refractivity contribution in [1.82, 2.24) is 0 Å². The Morgan fingerprint density at radius 3 is 1.71 bits per heavy atom. The lowest BCUT2D eigenvalue weighted by molar-refractivity contribution is 0.109. The summed E-state index contributed by atoms with van der Waals surface area (Å²) < 4.78 is 6.10. The van der Waals surface area contributed by atoms with Gasteiger partial charge in [-0.2, -0.15) is 0 Å². The van der Waals surface area contributed by atoms with Crippen LogP contribution in [0.4, 0.5) is 17.1 Å². The van der Waals surface area contributed by atoms with Gasteiger partial charge in [0.15, 0.2) is 6.29 Å². The zero-order valence-corrected chi connectivity index (χ0v) is 18.2. The van der Waals surface area contributed by atoms with E-state index in [0.717, 1.165) is 48.8 Å². The molecule has 0 radical (unpaired) electrons. The molecule has 1 saturated carbocycles. The molecule has 3 aromatic carbocycles. The highest BCUT2D eigenvalue weighted by atomic mass is 79.9. The molecule has 0 aromatic heterocycles. The molecule has 156 valence electrons. The molecule has 0 unspecified atom stereocenters. The van der Waals surface area contributed by atoms with Crippen molar-refractivity contribution in [2.24, 2.45) is 0 Å². The summed E-state index contributed by atoms with van der Waals surface area (Å²) in [5, 5.41) is 0. The monoisotopic (exact) mass is 477 g/mol. The summed E-state index contributed by atoms with van der Waals surface area (Å²) in [7, 11) is 0. The normalized spacial score (nSPS) is 17.3. The summed E-state index contributed by atoms with van der Waals surface area (Å²) in [6.45, 7) is 0. The van der Waals surface area contributed by atoms with Gasteiger partial charge in [-0.25, -0.2) is 0 Å². The summed E-state index contributed by atoms with van der Waals surface area (Å²) in [5.41, 5.74) is 4.11. The first kappa shape index (κ1) is 21.0. The van der Waals surface area contributed by atoms with E-state index in [1.54, 1.807) is 30.3 Å². The SMILES string of the molecule is O=Cc1ccc(N(c2ccc(C=O)cc2)c2ccc(C=O)c(OC3CC(Br)C3)c2)cc1. The number of carbonyl (C=O) groups is 3. The van der Waals surface area contributed by atoms with Crippen LogP contribution in [0, 0.1) is 0 Å². The molecule has 6 heteroatoms. The van der Waals surface area contributed by atoms with E-state index in [1.165, 1.54) is 0 Å². The van der Waals surface area contributed by atoms with Gasteiger partial charge in [0.1, 0.15) is 24.4 Å². The van der Waals surface area contributed by atoms with E-state index in [4.69, 9.17) is 4.74 Å². The average Bonchev–Trinajstić information content (AvgIpc) is 2.79. The first-order chi connectivity index (χ1) is 15.1. The molecule has 4 rings (SSSR count). The molecule has 0 spiro atoms. The zero-order valence-electron chi connectivity index (χ0n) is 16.6. The van der Waals surface area contributed by atoms with E-state index in [1.807, 2.05) is 41.3 Å². The van der Waals surface area contributed by atoms with Gasteiger partial charge in [-0.05, 0) is 73.5 Å². The minimum absolute atomic E-state index is 0.0746. The second-order valence-corrected chi connectivity index (χ2v) is 8.70. The maximum Gasteiger partial charge on any atom is 0.153 e. The topological polar surface area (TPSA) is 63.7 Å². The van der Waals surface area contributed by atoms with Crippen molar-refractivity contribution < 1.29 is 19.1 Å². The molecule has 31 heavy (non-hydrogen) atoms. The van der Waals surface area contributed by atoms with Crippen molar-refractivity contribution in [2.75, 3.05) is 4.90 Å². The van der Waals surface area contributed by atoms with E-state index >= 15 is 0 Å².